The smallest absolute Gasteiger partial charge is 0.338 e. The van der Waals surface area contributed by atoms with E-state index in [0.717, 1.165) is 5.56 Å². The van der Waals surface area contributed by atoms with Gasteiger partial charge in [-0.25, -0.2) is 9.78 Å². The molecule has 0 aliphatic heterocycles. The van der Waals surface area contributed by atoms with Crippen molar-refractivity contribution in [3.8, 4) is 11.6 Å². The second-order valence-corrected chi connectivity index (χ2v) is 3.95. The Morgan fingerprint density at radius 3 is 2.84 bits per heavy atom. The molecule has 0 bridgehead atoms. The van der Waals surface area contributed by atoms with Gasteiger partial charge >= 0.3 is 5.97 Å². The van der Waals surface area contributed by atoms with Gasteiger partial charge in [0.2, 0.25) is 5.88 Å². The predicted molar refractivity (Wildman–Crippen MR) is 71.2 cm³/mol. The Morgan fingerprint density at radius 2 is 2.11 bits per heavy atom. The average Bonchev–Trinajstić information content (AvgIpc) is 2.43. The number of hydrogen-bond donors (Lipinski definition) is 1. The van der Waals surface area contributed by atoms with Crippen molar-refractivity contribution in [2.24, 2.45) is 0 Å². The Kier molecular flexibility index (Phi) is 3.66. The van der Waals surface area contributed by atoms with Crippen LogP contribution in [0.1, 0.15) is 15.9 Å². The number of carbonyl (C=O) groups is 1. The number of pyridine rings is 1. The summed E-state index contributed by atoms with van der Waals surface area (Å²) in [6.45, 7) is 1.86. The Labute approximate surface area is 111 Å². The lowest BCUT2D eigenvalue weighted by Gasteiger charge is -2.09. The van der Waals surface area contributed by atoms with E-state index in [1.54, 1.807) is 24.3 Å². The molecule has 1 aromatic carbocycles. The van der Waals surface area contributed by atoms with E-state index in [4.69, 9.17) is 10.5 Å². The number of nitrogens with two attached hydrogens (primary N) is 1. The summed E-state index contributed by atoms with van der Waals surface area (Å²) in [6, 6.07) is 8.46. The highest BCUT2D eigenvalue weighted by Crippen LogP contribution is 2.27. The summed E-state index contributed by atoms with van der Waals surface area (Å²) < 4.78 is 10.3. The molecular weight excluding hydrogens is 244 g/mol. The van der Waals surface area contributed by atoms with E-state index in [0.29, 0.717) is 22.9 Å². The minimum absolute atomic E-state index is 0.316. The molecule has 5 heteroatoms. The number of hydrogen-bond acceptors (Lipinski definition) is 5. The summed E-state index contributed by atoms with van der Waals surface area (Å²) >= 11 is 0. The van der Waals surface area contributed by atoms with Crippen LogP contribution in [0.3, 0.4) is 0 Å². The summed E-state index contributed by atoms with van der Waals surface area (Å²) in [5, 5.41) is 0. The minimum Gasteiger partial charge on any atom is -0.465 e. The lowest BCUT2D eigenvalue weighted by molar-refractivity contribution is 0.0600. The number of aromatic nitrogens is 1. The van der Waals surface area contributed by atoms with Gasteiger partial charge in [0.15, 0.2) is 0 Å². The number of nitrogens with zero attached hydrogens (tertiary/aromatic N) is 1. The summed E-state index contributed by atoms with van der Waals surface area (Å²) in [7, 11) is 1.32. The molecule has 0 atom stereocenters. The third-order valence-corrected chi connectivity index (χ3v) is 2.70. The molecule has 19 heavy (non-hydrogen) atoms. The molecule has 0 amide bonds. The fourth-order valence-corrected chi connectivity index (χ4v) is 1.56. The zero-order chi connectivity index (χ0) is 13.8. The first-order chi connectivity index (χ1) is 9.11. The number of carbonyl (C=O) groups excluding carboxylic acids is 1. The van der Waals surface area contributed by atoms with Crippen molar-refractivity contribution in [3.05, 3.63) is 47.7 Å². The van der Waals surface area contributed by atoms with Gasteiger partial charge in [-0.2, -0.15) is 0 Å². The zero-order valence-electron chi connectivity index (χ0n) is 10.7. The summed E-state index contributed by atoms with van der Waals surface area (Å²) in [5.74, 6) is 0.489. The molecule has 0 unspecified atom stereocenters. The van der Waals surface area contributed by atoms with Crippen molar-refractivity contribution >= 4 is 11.7 Å². The van der Waals surface area contributed by atoms with E-state index in [2.05, 4.69) is 9.72 Å². The summed E-state index contributed by atoms with van der Waals surface area (Å²) in [6.07, 6.45) is 1.49. The van der Waals surface area contributed by atoms with Crippen LogP contribution in [0.4, 0.5) is 5.69 Å². The third kappa shape index (κ3) is 2.82. The Bertz CT molecular complexity index is 611. The van der Waals surface area contributed by atoms with E-state index in [1.807, 2.05) is 6.92 Å². The molecule has 0 spiro atoms. The van der Waals surface area contributed by atoms with Crippen molar-refractivity contribution in [2.75, 3.05) is 12.8 Å². The molecule has 2 aromatic rings. The number of methoxy groups -OCH3 is 1. The molecule has 0 saturated heterocycles. The van der Waals surface area contributed by atoms with Crippen LogP contribution in [0.5, 0.6) is 11.6 Å². The second-order valence-electron chi connectivity index (χ2n) is 3.95. The van der Waals surface area contributed by atoms with Crippen LogP contribution in [0.2, 0.25) is 0 Å². The van der Waals surface area contributed by atoms with E-state index in [-0.39, 0.29) is 0 Å². The van der Waals surface area contributed by atoms with E-state index >= 15 is 0 Å². The van der Waals surface area contributed by atoms with Crippen molar-refractivity contribution in [2.45, 2.75) is 6.92 Å². The van der Waals surface area contributed by atoms with Crippen LogP contribution in [-0.4, -0.2) is 18.1 Å². The van der Waals surface area contributed by atoms with Crippen LogP contribution < -0.4 is 10.5 Å². The molecule has 2 N–H and O–H groups in total. The topological polar surface area (TPSA) is 74.4 Å². The number of ether oxygens (including phenoxy) is 2. The second kappa shape index (κ2) is 5.39. The molecule has 0 aliphatic rings. The fourth-order valence-electron chi connectivity index (χ4n) is 1.56. The largest absolute Gasteiger partial charge is 0.465 e. The summed E-state index contributed by atoms with van der Waals surface area (Å²) in [4.78, 5) is 15.5. The van der Waals surface area contributed by atoms with Gasteiger partial charge in [-0.05, 0) is 25.1 Å². The molecule has 1 aromatic heterocycles. The molecule has 1 heterocycles. The van der Waals surface area contributed by atoms with Crippen molar-refractivity contribution < 1.29 is 14.3 Å². The number of benzene rings is 1. The molecule has 5 nitrogen and oxygen atoms in total. The highest BCUT2D eigenvalue weighted by Gasteiger charge is 2.09. The first-order valence-electron chi connectivity index (χ1n) is 5.69. The average molecular weight is 258 g/mol. The van der Waals surface area contributed by atoms with Gasteiger partial charge < -0.3 is 15.2 Å². The van der Waals surface area contributed by atoms with Gasteiger partial charge in [0.05, 0.1) is 12.7 Å². The van der Waals surface area contributed by atoms with Crippen molar-refractivity contribution in [1.29, 1.82) is 0 Å². The van der Waals surface area contributed by atoms with E-state index in [9.17, 15) is 4.79 Å². The Morgan fingerprint density at radius 1 is 1.32 bits per heavy atom. The standard InChI is InChI=1S/C14H14N2O3/c1-9-11(15)4-3-5-12(9)19-13-8-10(6-7-16-13)14(17)18-2/h3-8H,15H2,1-2H3. The van der Waals surface area contributed by atoms with Gasteiger partial charge in [-0.15, -0.1) is 0 Å². The Balaban J connectivity index is 2.28. The van der Waals surface area contributed by atoms with Gasteiger partial charge in [0, 0.05) is 23.5 Å². The van der Waals surface area contributed by atoms with E-state index in [1.165, 1.54) is 19.4 Å². The lowest BCUT2D eigenvalue weighted by atomic mass is 10.2. The van der Waals surface area contributed by atoms with Crippen molar-refractivity contribution in [3.63, 3.8) is 0 Å². The van der Waals surface area contributed by atoms with Gasteiger partial charge in [-0.1, -0.05) is 6.07 Å². The molecule has 98 valence electrons. The number of rotatable bonds is 3. The monoisotopic (exact) mass is 258 g/mol. The normalized spacial score (nSPS) is 10.0. The first-order valence-corrected chi connectivity index (χ1v) is 5.69. The van der Waals surface area contributed by atoms with Crippen LogP contribution >= 0.6 is 0 Å². The van der Waals surface area contributed by atoms with Gasteiger partial charge in [0.25, 0.3) is 0 Å². The van der Waals surface area contributed by atoms with Crippen LogP contribution in [0, 0.1) is 6.92 Å². The Hall–Kier alpha value is -2.56. The molecule has 0 radical (unpaired) electrons. The third-order valence-electron chi connectivity index (χ3n) is 2.70. The number of nitrogen functional groups attached to an aromatic ring is 1. The lowest BCUT2D eigenvalue weighted by Crippen LogP contribution is -2.02. The predicted octanol–water partition coefficient (Wildman–Crippen LogP) is 2.55. The fraction of sp³-hybridized carbons (Fsp3) is 0.143. The minimum atomic E-state index is -0.434. The molecule has 2 rings (SSSR count). The highest BCUT2D eigenvalue weighted by molar-refractivity contribution is 5.89. The van der Waals surface area contributed by atoms with E-state index < -0.39 is 5.97 Å². The zero-order valence-corrected chi connectivity index (χ0v) is 10.7. The van der Waals surface area contributed by atoms with Crippen LogP contribution in [-0.2, 0) is 4.74 Å². The summed E-state index contributed by atoms with van der Waals surface area (Å²) in [5.41, 5.74) is 7.65. The van der Waals surface area contributed by atoms with Crippen LogP contribution in [0.15, 0.2) is 36.5 Å². The maximum atomic E-state index is 11.4. The molecular formula is C14H14N2O3. The van der Waals surface area contributed by atoms with Gasteiger partial charge in [-0.3, -0.25) is 0 Å². The van der Waals surface area contributed by atoms with Gasteiger partial charge in [0.1, 0.15) is 5.75 Å². The quantitative estimate of drug-likeness (QED) is 0.676. The molecule has 0 aliphatic carbocycles. The maximum absolute atomic E-state index is 11.4. The number of anilines is 1. The van der Waals surface area contributed by atoms with Crippen molar-refractivity contribution in [1.82, 2.24) is 4.98 Å². The SMILES string of the molecule is COC(=O)c1ccnc(Oc2cccc(N)c2C)c1. The first kappa shape index (κ1) is 12.9. The highest BCUT2D eigenvalue weighted by atomic mass is 16.5. The van der Waals surface area contributed by atoms with Crippen LogP contribution in [0.25, 0.3) is 0 Å². The molecule has 0 fully saturated rings. The maximum Gasteiger partial charge on any atom is 0.338 e. The molecule has 0 saturated carbocycles. The number of esters is 1.